The van der Waals surface area contributed by atoms with Crippen LogP contribution in [0.3, 0.4) is 0 Å². The number of pyridine rings is 1. The number of nitrogens with one attached hydrogen (secondary N) is 2. The summed E-state index contributed by atoms with van der Waals surface area (Å²) in [6, 6.07) is 12.7. The van der Waals surface area contributed by atoms with E-state index in [9.17, 15) is 14.0 Å². The number of halogens is 2. The minimum absolute atomic E-state index is 0.0278. The Bertz CT molecular complexity index is 2030. The van der Waals surface area contributed by atoms with Crippen LogP contribution in [0.1, 0.15) is 45.1 Å². The van der Waals surface area contributed by atoms with Gasteiger partial charge < -0.3 is 24.2 Å². The Morgan fingerprint density at radius 2 is 1.73 bits per heavy atom. The molecule has 2 amide bonds. The van der Waals surface area contributed by atoms with Gasteiger partial charge in [-0.25, -0.2) is 13.8 Å². The van der Waals surface area contributed by atoms with E-state index >= 15 is 4.39 Å². The molecule has 0 bridgehead atoms. The first kappa shape index (κ1) is 28.5. The lowest BCUT2D eigenvalue weighted by Crippen LogP contribution is -2.27. The van der Waals surface area contributed by atoms with Crippen molar-refractivity contribution in [3.05, 3.63) is 101 Å². The molecule has 0 radical (unpaired) electrons. The van der Waals surface area contributed by atoms with E-state index in [1.54, 1.807) is 44.4 Å². The third kappa shape index (κ3) is 4.91. The molecule has 0 spiro atoms. The maximum Gasteiger partial charge on any atom is 0.255 e. The van der Waals surface area contributed by atoms with Gasteiger partial charge in [0.1, 0.15) is 40.3 Å². The van der Waals surface area contributed by atoms with Gasteiger partial charge in [0.15, 0.2) is 5.58 Å². The van der Waals surface area contributed by atoms with Crippen molar-refractivity contribution in [1.29, 1.82) is 0 Å². The van der Waals surface area contributed by atoms with Crippen LogP contribution in [0.5, 0.6) is 5.75 Å². The molecule has 6 rings (SSSR count). The summed E-state index contributed by atoms with van der Waals surface area (Å²) in [7, 11) is 2.86. The predicted octanol–water partition coefficient (Wildman–Crippen LogP) is 6.75. The van der Waals surface area contributed by atoms with Crippen LogP contribution in [0.4, 0.5) is 8.78 Å². The van der Waals surface area contributed by atoms with Crippen molar-refractivity contribution in [2.45, 2.75) is 19.9 Å². The van der Waals surface area contributed by atoms with Gasteiger partial charge in [-0.2, -0.15) is 0 Å². The fourth-order valence-corrected chi connectivity index (χ4v) is 5.14. The molecule has 0 saturated heterocycles. The third-order valence-electron chi connectivity index (χ3n) is 7.36. The molecule has 3 heterocycles. The number of amides is 2. The number of aryl methyl sites for hydroxylation is 1. The number of carbonyl (C=O) groups is 2. The Morgan fingerprint density at radius 1 is 0.955 bits per heavy atom. The largest absolute Gasteiger partial charge is 0.496 e. The molecule has 3 aromatic carbocycles. The van der Waals surface area contributed by atoms with Crippen molar-refractivity contribution in [3.8, 4) is 28.2 Å². The van der Waals surface area contributed by atoms with Gasteiger partial charge in [0.25, 0.3) is 11.8 Å². The van der Waals surface area contributed by atoms with E-state index in [1.165, 1.54) is 50.6 Å². The number of nitrogens with zero attached hydrogens (tertiary/aromatic N) is 2. The average Bonchev–Trinajstić information content (AvgIpc) is 3.64. The molecule has 0 fully saturated rings. The highest BCUT2D eigenvalue weighted by molar-refractivity contribution is 6.12. The van der Waals surface area contributed by atoms with E-state index in [0.29, 0.717) is 33.7 Å². The molecule has 0 unspecified atom stereocenters. The number of hydrogen-bond donors (Lipinski definition) is 2. The van der Waals surface area contributed by atoms with Crippen LogP contribution in [0.25, 0.3) is 44.5 Å². The monoisotopic (exact) mass is 596 g/mol. The molecule has 9 nitrogen and oxygen atoms in total. The van der Waals surface area contributed by atoms with Crippen LogP contribution in [-0.4, -0.2) is 35.9 Å². The summed E-state index contributed by atoms with van der Waals surface area (Å²) in [5.74, 6) is -1.57. The van der Waals surface area contributed by atoms with Crippen LogP contribution < -0.4 is 15.4 Å². The van der Waals surface area contributed by atoms with Gasteiger partial charge in [-0.1, -0.05) is 0 Å². The number of rotatable bonds is 7. The van der Waals surface area contributed by atoms with Crippen LogP contribution >= 0.6 is 0 Å². The van der Waals surface area contributed by atoms with E-state index in [-0.39, 0.29) is 39.2 Å². The fraction of sp³-hybridized carbons (Fsp3) is 0.152. The van der Waals surface area contributed by atoms with Gasteiger partial charge in [0.2, 0.25) is 5.89 Å². The van der Waals surface area contributed by atoms with Gasteiger partial charge in [0.05, 0.1) is 29.8 Å². The molecule has 6 aromatic rings. The zero-order chi connectivity index (χ0) is 31.1. The van der Waals surface area contributed by atoms with E-state index < -0.39 is 29.5 Å². The number of hydrogen-bond acceptors (Lipinski definition) is 7. The van der Waals surface area contributed by atoms with E-state index in [0.717, 1.165) is 0 Å². The zero-order valence-electron chi connectivity index (χ0n) is 24.1. The Balaban J connectivity index is 1.43. The fourth-order valence-electron chi connectivity index (χ4n) is 5.14. The Morgan fingerprint density at radius 3 is 2.43 bits per heavy atom. The number of ether oxygens (including phenoxy) is 1. The summed E-state index contributed by atoms with van der Waals surface area (Å²) >= 11 is 0. The number of carbonyl (C=O) groups excluding carboxylic acids is 2. The number of aromatic nitrogens is 2. The number of furan rings is 1. The highest BCUT2D eigenvalue weighted by Gasteiger charge is 2.27. The van der Waals surface area contributed by atoms with Crippen molar-refractivity contribution in [3.63, 3.8) is 0 Å². The summed E-state index contributed by atoms with van der Waals surface area (Å²) < 4.78 is 47.3. The molecule has 222 valence electrons. The summed E-state index contributed by atoms with van der Waals surface area (Å²) in [6.45, 7) is 3.49. The van der Waals surface area contributed by atoms with Crippen molar-refractivity contribution < 1.29 is 31.9 Å². The maximum absolute atomic E-state index is 16.5. The summed E-state index contributed by atoms with van der Waals surface area (Å²) in [4.78, 5) is 35.0. The quantitative estimate of drug-likeness (QED) is 0.209. The van der Waals surface area contributed by atoms with Crippen LogP contribution in [0, 0.1) is 18.6 Å². The second kappa shape index (κ2) is 11.3. The molecule has 0 aliphatic carbocycles. The highest BCUT2D eigenvalue weighted by Crippen LogP contribution is 2.40. The van der Waals surface area contributed by atoms with E-state index in [2.05, 4.69) is 20.6 Å². The summed E-state index contributed by atoms with van der Waals surface area (Å²) in [5.41, 5.74) is 2.94. The lowest BCUT2D eigenvalue weighted by Gasteiger charge is -2.16. The van der Waals surface area contributed by atoms with Gasteiger partial charge >= 0.3 is 0 Å². The lowest BCUT2D eigenvalue weighted by molar-refractivity contribution is 0.0929. The van der Waals surface area contributed by atoms with Crippen molar-refractivity contribution in [2.24, 2.45) is 0 Å². The minimum atomic E-state index is -0.716. The predicted molar refractivity (Wildman–Crippen MR) is 159 cm³/mol. The number of methoxy groups -OCH3 is 1. The molecule has 0 aliphatic heterocycles. The normalized spacial score (nSPS) is 12.0. The average molecular weight is 597 g/mol. The molecule has 0 saturated carbocycles. The van der Waals surface area contributed by atoms with Gasteiger partial charge in [-0.15, -0.1) is 0 Å². The number of fused-ring (bicyclic) bond motifs is 2. The Labute approximate surface area is 249 Å². The SMILES string of the molecule is CNC(=O)c1c(-c2ccc(F)cc2)oc2ccc(-c3cc(C(=O)N[C@@H](C)c4nc5cnccc5o4)c(OC)cc3C)c(F)c12. The Kier molecular flexibility index (Phi) is 7.30. The van der Waals surface area contributed by atoms with Crippen LogP contribution in [0.15, 0.2) is 75.8 Å². The lowest BCUT2D eigenvalue weighted by atomic mass is 9.94. The first-order chi connectivity index (χ1) is 21.2. The molecule has 3 aromatic heterocycles. The van der Waals surface area contributed by atoms with Gasteiger partial charge in [-0.05, 0) is 73.5 Å². The first-order valence-electron chi connectivity index (χ1n) is 13.6. The van der Waals surface area contributed by atoms with E-state index in [4.69, 9.17) is 13.6 Å². The van der Waals surface area contributed by atoms with E-state index in [1.807, 2.05) is 0 Å². The van der Waals surface area contributed by atoms with Crippen LogP contribution in [-0.2, 0) is 0 Å². The molecule has 44 heavy (non-hydrogen) atoms. The Hall–Kier alpha value is -5.58. The van der Waals surface area contributed by atoms with Crippen molar-refractivity contribution in [1.82, 2.24) is 20.6 Å². The minimum Gasteiger partial charge on any atom is -0.496 e. The first-order valence-corrected chi connectivity index (χ1v) is 13.6. The maximum atomic E-state index is 16.5. The molecular formula is C33H26F2N4O5. The standard InChI is InChI=1S/C33H26F2N4O5/c1-16-13-26(42-4)22(31(40)38-17(2)33-39-23-15-37-12-11-24(23)44-33)14-21(16)20-9-10-25-27(29(20)35)28(32(41)36-3)30(43-25)18-5-7-19(34)8-6-18/h5-15,17H,1-4H3,(H,36,41)(H,38,40)/t17-/m0/s1. The highest BCUT2D eigenvalue weighted by atomic mass is 19.1. The number of benzene rings is 3. The van der Waals surface area contributed by atoms with Crippen LogP contribution in [0.2, 0.25) is 0 Å². The smallest absolute Gasteiger partial charge is 0.255 e. The van der Waals surface area contributed by atoms with Crippen molar-refractivity contribution in [2.75, 3.05) is 14.2 Å². The second-order valence-electron chi connectivity index (χ2n) is 10.2. The topological polar surface area (TPSA) is 119 Å². The van der Waals surface area contributed by atoms with Crippen molar-refractivity contribution >= 4 is 33.9 Å². The zero-order valence-corrected chi connectivity index (χ0v) is 24.1. The molecule has 0 aliphatic rings. The molecular weight excluding hydrogens is 570 g/mol. The summed E-state index contributed by atoms with van der Waals surface area (Å²) in [5, 5.41) is 5.36. The van der Waals surface area contributed by atoms with Gasteiger partial charge in [0, 0.05) is 30.4 Å². The molecule has 1 atom stereocenters. The summed E-state index contributed by atoms with van der Waals surface area (Å²) in [6.07, 6.45) is 3.15. The number of oxazole rings is 1. The molecule has 11 heteroatoms. The third-order valence-corrected chi connectivity index (χ3v) is 7.36. The molecule has 2 N–H and O–H groups in total. The van der Waals surface area contributed by atoms with Gasteiger partial charge in [-0.3, -0.25) is 14.6 Å². The second-order valence-corrected chi connectivity index (χ2v) is 10.2.